The fraction of sp³-hybridized carbons (Fsp3) is 0.533. The highest BCUT2D eigenvalue weighted by atomic mass is 15.2. The number of hydrogen-bond donors (Lipinski definition) is 1. The lowest BCUT2D eigenvalue weighted by molar-refractivity contribution is 0.214. The first-order valence-electron chi connectivity index (χ1n) is 6.66. The standard InChI is InChI=1S/C15H24N4/c1-11-7-6-8-12-13(11)17-14(16)19(12)10-15(2,3)9-18(4)5/h6-8H,9-10H2,1-5H3,(H2,16,17). The molecule has 0 bridgehead atoms. The first-order valence-corrected chi connectivity index (χ1v) is 6.66. The molecular formula is C15H24N4. The van der Waals surface area contributed by atoms with Gasteiger partial charge in [0.25, 0.3) is 0 Å². The highest BCUT2D eigenvalue weighted by Crippen LogP contribution is 2.26. The lowest BCUT2D eigenvalue weighted by atomic mass is 9.92. The van der Waals surface area contributed by atoms with Gasteiger partial charge in [-0.25, -0.2) is 4.98 Å². The van der Waals surface area contributed by atoms with E-state index in [2.05, 4.69) is 67.5 Å². The Morgan fingerprint density at radius 3 is 2.63 bits per heavy atom. The predicted molar refractivity (Wildman–Crippen MR) is 81.2 cm³/mol. The summed E-state index contributed by atoms with van der Waals surface area (Å²) in [7, 11) is 4.20. The average Bonchev–Trinajstić information content (AvgIpc) is 2.56. The van der Waals surface area contributed by atoms with Crippen molar-refractivity contribution in [3.63, 3.8) is 0 Å². The number of nitrogens with two attached hydrogens (primary N) is 1. The van der Waals surface area contributed by atoms with Gasteiger partial charge in [-0.15, -0.1) is 0 Å². The fourth-order valence-corrected chi connectivity index (χ4v) is 2.81. The van der Waals surface area contributed by atoms with Crippen LogP contribution in [-0.2, 0) is 6.54 Å². The minimum Gasteiger partial charge on any atom is -0.369 e. The van der Waals surface area contributed by atoms with E-state index in [0.717, 1.165) is 24.1 Å². The molecule has 1 aromatic carbocycles. The number of anilines is 1. The van der Waals surface area contributed by atoms with E-state index in [4.69, 9.17) is 5.73 Å². The van der Waals surface area contributed by atoms with Crippen molar-refractivity contribution in [2.75, 3.05) is 26.4 Å². The summed E-state index contributed by atoms with van der Waals surface area (Å²) >= 11 is 0. The monoisotopic (exact) mass is 260 g/mol. The fourth-order valence-electron chi connectivity index (χ4n) is 2.81. The van der Waals surface area contributed by atoms with Gasteiger partial charge in [0.05, 0.1) is 11.0 Å². The van der Waals surface area contributed by atoms with Crippen molar-refractivity contribution in [2.45, 2.75) is 27.3 Å². The number of nitrogen functional groups attached to an aromatic ring is 1. The molecule has 2 N–H and O–H groups in total. The van der Waals surface area contributed by atoms with Crippen LogP contribution in [0.25, 0.3) is 11.0 Å². The van der Waals surface area contributed by atoms with Gasteiger partial charge in [0, 0.05) is 13.1 Å². The molecule has 104 valence electrons. The Bertz CT molecular complexity index is 581. The maximum atomic E-state index is 6.10. The summed E-state index contributed by atoms with van der Waals surface area (Å²) in [6, 6.07) is 6.23. The van der Waals surface area contributed by atoms with Crippen LogP contribution in [0.2, 0.25) is 0 Å². The Morgan fingerprint density at radius 1 is 1.32 bits per heavy atom. The Hall–Kier alpha value is -1.55. The van der Waals surface area contributed by atoms with Gasteiger partial charge >= 0.3 is 0 Å². The maximum absolute atomic E-state index is 6.10. The third-order valence-electron chi connectivity index (χ3n) is 3.34. The number of fused-ring (bicyclic) bond motifs is 1. The van der Waals surface area contributed by atoms with Gasteiger partial charge in [0.1, 0.15) is 0 Å². The zero-order chi connectivity index (χ0) is 14.2. The number of nitrogens with zero attached hydrogens (tertiary/aromatic N) is 3. The van der Waals surface area contributed by atoms with Gasteiger partial charge < -0.3 is 15.2 Å². The van der Waals surface area contributed by atoms with Crippen LogP contribution in [-0.4, -0.2) is 35.1 Å². The Labute approximate surface area is 115 Å². The van der Waals surface area contributed by atoms with Crippen LogP contribution in [0.3, 0.4) is 0 Å². The second-order valence-corrected chi connectivity index (χ2v) is 6.40. The molecule has 19 heavy (non-hydrogen) atoms. The molecule has 0 fully saturated rings. The lowest BCUT2D eigenvalue weighted by Crippen LogP contribution is -2.32. The van der Waals surface area contributed by atoms with Crippen molar-refractivity contribution in [2.24, 2.45) is 5.41 Å². The molecule has 1 aromatic heterocycles. The molecule has 4 heteroatoms. The molecule has 4 nitrogen and oxygen atoms in total. The quantitative estimate of drug-likeness (QED) is 0.919. The average molecular weight is 260 g/mol. The summed E-state index contributed by atoms with van der Waals surface area (Å²) in [5, 5.41) is 0. The molecule has 0 spiro atoms. The van der Waals surface area contributed by atoms with E-state index in [1.807, 2.05) is 0 Å². The Morgan fingerprint density at radius 2 is 2.00 bits per heavy atom. The molecule has 0 saturated carbocycles. The summed E-state index contributed by atoms with van der Waals surface area (Å²) in [6.45, 7) is 8.47. The van der Waals surface area contributed by atoms with Gasteiger partial charge in [-0.3, -0.25) is 0 Å². The normalized spacial score (nSPS) is 12.5. The summed E-state index contributed by atoms with van der Waals surface area (Å²) < 4.78 is 2.13. The second kappa shape index (κ2) is 4.85. The molecule has 0 saturated heterocycles. The first kappa shape index (κ1) is 13.9. The van der Waals surface area contributed by atoms with Gasteiger partial charge in [-0.1, -0.05) is 26.0 Å². The van der Waals surface area contributed by atoms with Crippen LogP contribution in [0, 0.1) is 12.3 Å². The molecule has 0 aliphatic carbocycles. The molecule has 1 heterocycles. The van der Waals surface area contributed by atoms with E-state index in [-0.39, 0.29) is 5.41 Å². The topological polar surface area (TPSA) is 47.1 Å². The molecule has 0 radical (unpaired) electrons. The molecule has 0 amide bonds. The molecule has 0 unspecified atom stereocenters. The van der Waals surface area contributed by atoms with E-state index in [0.29, 0.717) is 5.95 Å². The summed E-state index contributed by atoms with van der Waals surface area (Å²) in [6.07, 6.45) is 0. The van der Waals surface area contributed by atoms with Crippen molar-refractivity contribution >= 4 is 17.0 Å². The first-order chi connectivity index (χ1) is 8.80. The largest absolute Gasteiger partial charge is 0.369 e. The third-order valence-corrected chi connectivity index (χ3v) is 3.34. The van der Waals surface area contributed by atoms with Crippen LogP contribution in [0.15, 0.2) is 18.2 Å². The molecule has 0 aliphatic heterocycles. The van der Waals surface area contributed by atoms with Crippen molar-refractivity contribution < 1.29 is 0 Å². The number of hydrogen-bond acceptors (Lipinski definition) is 3. The highest BCUT2D eigenvalue weighted by molar-refractivity contribution is 5.81. The zero-order valence-corrected chi connectivity index (χ0v) is 12.6. The minimum absolute atomic E-state index is 0.148. The van der Waals surface area contributed by atoms with E-state index >= 15 is 0 Å². The van der Waals surface area contributed by atoms with Gasteiger partial charge in [0.15, 0.2) is 0 Å². The van der Waals surface area contributed by atoms with E-state index in [1.165, 1.54) is 5.56 Å². The number of aryl methyl sites for hydroxylation is 1. The van der Waals surface area contributed by atoms with Crippen molar-refractivity contribution in [3.05, 3.63) is 23.8 Å². The number of aromatic nitrogens is 2. The second-order valence-electron chi connectivity index (χ2n) is 6.40. The molecule has 2 rings (SSSR count). The van der Waals surface area contributed by atoms with Crippen LogP contribution in [0.5, 0.6) is 0 Å². The Kier molecular flexibility index (Phi) is 3.54. The summed E-state index contributed by atoms with van der Waals surface area (Å²) in [4.78, 5) is 6.71. The van der Waals surface area contributed by atoms with Crippen molar-refractivity contribution in [1.82, 2.24) is 14.5 Å². The highest BCUT2D eigenvalue weighted by Gasteiger charge is 2.22. The van der Waals surface area contributed by atoms with Crippen molar-refractivity contribution in [3.8, 4) is 0 Å². The zero-order valence-electron chi connectivity index (χ0n) is 12.6. The molecule has 0 aliphatic rings. The van der Waals surface area contributed by atoms with Crippen LogP contribution in [0.4, 0.5) is 5.95 Å². The smallest absolute Gasteiger partial charge is 0.201 e. The third kappa shape index (κ3) is 2.89. The van der Waals surface area contributed by atoms with Crippen LogP contribution in [0.1, 0.15) is 19.4 Å². The number of rotatable bonds is 4. The number of imidazole rings is 1. The predicted octanol–water partition coefficient (Wildman–Crippen LogP) is 2.51. The number of para-hydroxylation sites is 1. The number of benzene rings is 1. The van der Waals surface area contributed by atoms with Gasteiger partial charge in [-0.05, 0) is 38.1 Å². The molecule has 2 aromatic rings. The van der Waals surface area contributed by atoms with E-state index < -0.39 is 0 Å². The SMILES string of the molecule is Cc1cccc2c1nc(N)n2CC(C)(C)CN(C)C. The Balaban J connectivity index is 2.40. The van der Waals surface area contributed by atoms with E-state index in [9.17, 15) is 0 Å². The summed E-state index contributed by atoms with van der Waals surface area (Å²) in [5.74, 6) is 0.608. The summed E-state index contributed by atoms with van der Waals surface area (Å²) in [5.41, 5.74) is 9.56. The van der Waals surface area contributed by atoms with E-state index in [1.54, 1.807) is 0 Å². The maximum Gasteiger partial charge on any atom is 0.201 e. The van der Waals surface area contributed by atoms with Crippen LogP contribution >= 0.6 is 0 Å². The van der Waals surface area contributed by atoms with Gasteiger partial charge in [0.2, 0.25) is 5.95 Å². The van der Waals surface area contributed by atoms with Crippen molar-refractivity contribution in [1.29, 1.82) is 0 Å². The molecular weight excluding hydrogens is 236 g/mol. The van der Waals surface area contributed by atoms with Crippen LogP contribution < -0.4 is 5.73 Å². The minimum atomic E-state index is 0.148. The van der Waals surface area contributed by atoms with Gasteiger partial charge in [-0.2, -0.15) is 0 Å². The molecule has 0 atom stereocenters. The lowest BCUT2D eigenvalue weighted by Gasteiger charge is -2.29.